The van der Waals surface area contributed by atoms with E-state index in [1.807, 2.05) is 11.0 Å². The molecule has 1 saturated heterocycles. The molecule has 19 heavy (non-hydrogen) atoms. The van der Waals surface area contributed by atoms with Crippen LogP contribution in [0.5, 0.6) is 0 Å². The number of likely N-dealkylation sites (N-methyl/N-ethyl adjacent to an activating group) is 1. The molecule has 3 heteroatoms. The summed E-state index contributed by atoms with van der Waals surface area (Å²) in [5.74, 6) is 0.637. The first-order valence-electron chi connectivity index (χ1n) is 7.07. The Bertz CT molecular complexity index is 460. The fourth-order valence-electron chi connectivity index (χ4n) is 2.46. The minimum atomic E-state index is 0.179. The Labute approximate surface area is 116 Å². The zero-order valence-electron chi connectivity index (χ0n) is 12.4. The van der Waals surface area contributed by atoms with Crippen LogP contribution in [0, 0.1) is 6.92 Å². The maximum atomic E-state index is 12.5. The zero-order chi connectivity index (χ0) is 14.0. The van der Waals surface area contributed by atoms with Gasteiger partial charge in [-0.1, -0.05) is 25.5 Å². The molecular formula is C16H24N2O. The Balaban J connectivity index is 2.19. The van der Waals surface area contributed by atoms with Crippen molar-refractivity contribution in [1.29, 1.82) is 0 Å². The van der Waals surface area contributed by atoms with Gasteiger partial charge < -0.3 is 9.80 Å². The molecule has 1 amide bonds. The highest BCUT2D eigenvalue weighted by Crippen LogP contribution is 2.19. The number of piperazine rings is 1. The third-order valence-electron chi connectivity index (χ3n) is 3.80. The van der Waals surface area contributed by atoms with Gasteiger partial charge in [-0.3, -0.25) is 4.79 Å². The van der Waals surface area contributed by atoms with Crippen LogP contribution >= 0.6 is 0 Å². The standard InChI is InChI=1S/C16H24N2O/c1-12(2)14-9-13(3)10-15(11-14)16(19)18-7-5-17(4)6-8-18/h9-12H,5-8H2,1-4H3. The van der Waals surface area contributed by atoms with E-state index in [-0.39, 0.29) is 5.91 Å². The zero-order valence-corrected chi connectivity index (χ0v) is 12.4. The fraction of sp³-hybridized carbons (Fsp3) is 0.562. The molecular weight excluding hydrogens is 236 g/mol. The summed E-state index contributed by atoms with van der Waals surface area (Å²) in [5.41, 5.74) is 3.26. The number of benzene rings is 1. The molecule has 1 aliphatic heterocycles. The van der Waals surface area contributed by atoms with Crippen LogP contribution in [0.1, 0.15) is 41.3 Å². The number of hydrogen-bond donors (Lipinski definition) is 0. The minimum Gasteiger partial charge on any atom is -0.336 e. The van der Waals surface area contributed by atoms with Crippen LogP contribution in [0.4, 0.5) is 0 Å². The fourth-order valence-corrected chi connectivity index (χ4v) is 2.46. The van der Waals surface area contributed by atoms with Gasteiger partial charge in [0.25, 0.3) is 5.91 Å². The largest absolute Gasteiger partial charge is 0.336 e. The number of amides is 1. The summed E-state index contributed by atoms with van der Waals surface area (Å²) in [5, 5.41) is 0. The number of carbonyl (C=O) groups excluding carboxylic acids is 1. The molecule has 1 heterocycles. The smallest absolute Gasteiger partial charge is 0.253 e. The molecule has 1 fully saturated rings. The van der Waals surface area contributed by atoms with E-state index in [9.17, 15) is 4.79 Å². The number of carbonyl (C=O) groups is 1. The van der Waals surface area contributed by atoms with E-state index in [0.717, 1.165) is 31.7 Å². The van der Waals surface area contributed by atoms with Crippen LogP contribution in [-0.2, 0) is 0 Å². The first-order chi connectivity index (χ1) is 8.97. The highest BCUT2D eigenvalue weighted by Gasteiger charge is 2.20. The highest BCUT2D eigenvalue weighted by molar-refractivity contribution is 5.94. The third-order valence-corrected chi connectivity index (χ3v) is 3.80. The van der Waals surface area contributed by atoms with Crippen LogP contribution in [-0.4, -0.2) is 48.9 Å². The summed E-state index contributed by atoms with van der Waals surface area (Å²) in [6.07, 6.45) is 0. The summed E-state index contributed by atoms with van der Waals surface area (Å²) in [6.45, 7) is 9.99. The van der Waals surface area contributed by atoms with Gasteiger partial charge >= 0.3 is 0 Å². The summed E-state index contributed by atoms with van der Waals surface area (Å²) >= 11 is 0. The molecule has 0 aliphatic carbocycles. The topological polar surface area (TPSA) is 23.6 Å². The second-order valence-electron chi connectivity index (χ2n) is 5.88. The van der Waals surface area contributed by atoms with Gasteiger partial charge in [-0.2, -0.15) is 0 Å². The van der Waals surface area contributed by atoms with Gasteiger partial charge in [0.15, 0.2) is 0 Å². The molecule has 0 atom stereocenters. The van der Waals surface area contributed by atoms with Crippen molar-refractivity contribution in [2.45, 2.75) is 26.7 Å². The Morgan fingerprint density at radius 1 is 1.11 bits per heavy atom. The second kappa shape index (κ2) is 5.74. The van der Waals surface area contributed by atoms with Crippen molar-refractivity contribution < 1.29 is 4.79 Å². The normalized spacial score (nSPS) is 17.0. The van der Waals surface area contributed by atoms with E-state index < -0.39 is 0 Å². The second-order valence-corrected chi connectivity index (χ2v) is 5.88. The Morgan fingerprint density at radius 3 is 2.32 bits per heavy atom. The van der Waals surface area contributed by atoms with Crippen LogP contribution in [0.15, 0.2) is 18.2 Å². The molecule has 0 bridgehead atoms. The van der Waals surface area contributed by atoms with E-state index in [1.54, 1.807) is 0 Å². The third kappa shape index (κ3) is 3.35. The molecule has 0 radical (unpaired) electrons. The van der Waals surface area contributed by atoms with Gasteiger partial charge in [0.2, 0.25) is 0 Å². The van der Waals surface area contributed by atoms with Crippen molar-refractivity contribution in [3.8, 4) is 0 Å². The number of hydrogen-bond acceptors (Lipinski definition) is 2. The van der Waals surface area contributed by atoms with Crippen molar-refractivity contribution >= 4 is 5.91 Å². The maximum Gasteiger partial charge on any atom is 0.253 e. The predicted octanol–water partition coefficient (Wildman–Crippen LogP) is 2.51. The van der Waals surface area contributed by atoms with Crippen molar-refractivity contribution in [1.82, 2.24) is 9.80 Å². The quantitative estimate of drug-likeness (QED) is 0.815. The Kier molecular flexibility index (Phi) is 4.25. The van der Waals surface area contributed by atoms with Gasteiger partial charge in [0, 0.05) is 31.7 Å². The van der Waals surface area contributed by atoms with E-state index in [2.05, 4.69) is 44.9 Å². The molecule has 2 rings (SSSR count). The van der Waals surface area contributed by atoms with Gasteiger partial charge in [-0.05, 0) is 37.6 Å². The van der Waals surface area contributed by atoms with Gasteiger partial charge in [-0.15, -0.1) is 0 Å². The molecule has 1 aromatic carbocycles. The molecule has 104 valence electrons. The average molecular weight is 260 g/mol. The number of nitrogens with zero attached hydrogens (tertiary/aromatic N) is 2. The average Bonchev–Trinajstić information content (AvgIpc) is 2.38. The molecule has 3 nitrogen and oxygen atoms in total. The van der Waals surface area contributed by atoms with Gasteiger partial charge in [0.05, 0.1) is 0 Å². The number of aryl methyl sites for hydroxylation is 1. The molecule has 0 aromatic heterocycles. The summed E-state index contributed by atoms with van der Waals surface area (Å²) in [7, 11) is 2.10. The van der Waals surface area contributed by atoms with Gasteiger partial charge in [0.1, 0.15) is 0 Å². The van der Waals surface area contributed by atoms with Crippen molar-refractivity contribution in [2.75, 3.05) is 33.2 Å². The Hall–Kier alpha value is -1.35. The van der Waals surface area contributed by atoms with Crippen molar-refractivity contribution in [3.63, 3.8) is 0 Å². The molecule has 0 saturated carbocycles. The first-order valence-corrected chi connectivity index (χ1v) is 7.07. The SMILES string of the molecule is Cc1cc(C(=O)N2CCN(C)CC2)cc(C(C)C)c1. The highest BCUT2D eigenvalue weighted by atomic mass is 16.2. The molecule has 1 aliphatic rings. The van der Waals surface area contributed by atoms with Crippen LogP contribution in [0.25, 0.3) is 0 Å². The van der Waals surface area contributed by atoms with E-state index in [4.69, 9.17) is 0 Å². The summed E-state index contributed by atoms with van der Waals surface area (Å²) in [6, 6.07) is 6.23. The van der Waals surface area contributed by atoms with Crippen molar-refractivity contribution in [3.05, 3.63) is 34.9 Å². The monoisotopic (exact) mass is 260 g/mol. The summed E-state index contributed by atoms with van der Waals surface area (Å²) < 4.78 is 0. The number of rotatable bonds is 2. The summed E-state index contributed by atoms with van der Waals surface area (Å²) in [4.78, 5) is 16.8. The van der Waals surface area contributed by atoms with Gasteiger partial charge in [-0.25, -0.2) is 0 Å². The van der Waals surface area contributed by atoms with E-state index in [0.29, 0.717) is 5.92 Å². The lowest BCUT2D eigenvalue weighted by Crippen LogP contribution is -2.47. The van der Waals surface area contributed by atoms with Crippen LogP contribution in [0.2, 0.25) is 0 Å². The minimum absolute atomic E-state index is 0.179. The Morgan fingerprint density at radius 2 is 1.74 bits per heavy atom. The van der Waals surface area contributed by atoms with E-state index >= 15 is 0 Å². The van der Waals surface area contributed by atoms with Crippen LogP contribution < -0.4 is 0 Å². The lowest BCUT2D eigenvalue weighted by molar-refractivity contribution is 0.0664. The lowest BCUT2D eigenvalue weighted by Gasteiger charge is -2.32. The molecule has 0 spiro atoms. The lowest BCUT2D eigenvalue weighted by atomic mass is 9.97. The van der Waals surface area contributed by atoms with Crippen LogP contribution in [0.3, 0.4) is 0 Å². The van der Waals surface area contributed by atoms with Crippen molar-refractivity contribution in [2.24, 2.45) is 0 Å². The molecule has 1 aromatic rings. The first kappa shape index (κ1) is 14.1. The van der Waals surface area contributed by atoms with E-state index in [1.165, 1.54) is 11.1 Å². The molecule has 0 unspecified atom stereocenters. The molecule has 0 N–H and O–H groups in total. The predicted molar refractivity (Wildman–Crippen MR) is 78.7 cm³/mol. The maximum absolute atomic E-state index is 12.5.